The first-order valence-corrected chi connectivity index (χ1v) is 16.8. The van der Waals surface area contributed by atoms with Crippen molar-refractivity contribution in [3.63, 3.8) is 0 Å². The molecule has 2 aromatic carbocycles. The molecule has 0 radical (unpaired) electrons. The van der Waals surface area contributed by atoms with E-state index in [4.69, 9.17) is 8.85 Å². The van der Waals surface area contributed by atoms with Gasteiger partial charge in [0.2, 0.25) is 0 Å². The summed E-state index contributed by atoms with van der Waals surface area (Å²) in [6.45, 7) is 23.7. The summed E-state index contributed by atoms with van der Waals surface area (Å²) >= 11 is 0. The Morgan fingerprint density at radius 3 is 1.66 bits per heavy atom. The van der Waals surface area contributed by atoms with Gasteiger partial charge in [-0.2, -0.15) is 0 Å². The van der Waals surface area contributed by atoms with E-state index in [0.717, 1.165) is 16.7 Å². The van der Waals surface area contributed by atoms with Crippen LogP contribution in [-0.4, -0.2) is 16.6 Å². The second-order valence-electron chi connectivity index (χ2n) is 10.3. The molecule has 0 heterocycles. The summed E-state index contributed by atoms with van der Waals surface area (Å²) in [6, 6.07) is 17.1. The fourth-order valence-electron chi connectivity index (χ4n) is 2.64. The average Bonchev–Trinajstić information content (AvgIpc) is 2.63. The minimum atomic E-state index is -1.76. The second kappa shape index (κ2) is 9.13. The van der Waals surface area contributed by atoms with E-state index in [2.05, 4.69) is 109 Å². The molecule has 0 N–H and O–H groups in total. The summed E-state index contributed by atoms with van der Waals surface area (Å²) in [7, 11) is -3.29. The summed E-state index contributed by atoms with van der Waals surface area (Å²) in [5.74, 6) is 0. The van der Waals surface area contributed by atoms with Crippen LogP contribution in [0.4, 0.5) is 0 Å². The van der Waals surface area contributed by atoms with Crippen molar-refractivity contribution in [1.29, 1.82) is 0 Å². The zero-order chi connectivity index (χ0) is 21.9. The molecule has 0 bridgehead atoms. The molecule has 0 aliphatic rings. The lowest BCUT2D eigenvalue weighted by Gasteiger charge is -2.36. The lowest BCUT2D eigenvalue weighted by atomic mass is 9.97. The highest BCUT2D eigenvalue weighted by Gasteiger charge is 2.37. The highest BCUT2D eigenvalue weighted by Crippen LogP contribution is 2.37. The first-order valence-electron chi connectivity index (χ1n) is 10.4. The predicted octanol–water partition coefficient (Wildman–Crippen LogP) is 7.62. The fourth-order valence-corrected chi connectivity index (χ4v) is 4.20. The van der Waals surface area contributed by atoms with E-state index in [9.17, 15) is 0 Å². The molecule has 2 nitrogen and oxygen atoms in total. The molecule has 158 valence electrons. The van der Waals surface area contributed by atoms with E-state index in [1.807, 2.05) is 0 Å². The van der Waals surface area contributed by atoms with Crippen LogP contribution in [-0.2, 0) is 22.1 Å². The first-order chi connectivity index (χ1) is 13.3. The van der Waals surface area contributed by atoms with Crippen LogP contribution < -0.4 is 0 Å². The minimum Gasteiger partial charge on any atom is -0.413 e. The maximum atomic E-state index is 6.40. The molecule has 0 fully saturated rings. The molecular formula is C25H38O2Si2. The highest BCUT2D eigenvalue weighted by atomic mass is 28.4. The van der Waals surface area contributed by atoms with Crippen molar-refractivity contribution in [2.45, 2.75) is 71.8 Å². The monoisotopic (exact) mass is 426 g/mol. The molecule has 0 spiro atoms. The van der Waals surface area contributed by atoms with Gasteiger partial charge in [-0.1, -0.05) is 63.7 Å². The Morgan fingerprint density at radius 1 is 0.793 bits per heavy atom. The van der Waals surface area contributed by atoms with Crippen molar-refractivity contribution in [2.75, 3.05) is 0 Å². The van der Waals surface area contributed by atoms with E-state index in [1.165, 1.54) is 11.1 Å². The largest absolute Gasteiger partial charge is 0.413 e. The van der Waals surface area contributed by atoms with Crippen LogP contribution in [0.1, 0.15) is 43.0 Å². The maximum Gasteiger partial charge on any atom is 0.192 e. The van der Waals surface area contributed by atoms with Crippen molar-refractivity contribution < 1.29 is 8.85 Å². The third-order valence-electron chi connectivity index (χ3n) is 5.63. The molecule has 0 atom stereocenters. The Morgan fingerprint density at radius 2 is 1.24 bits per heavy atom. The summed E-state index contributed by atoms with van der Waals surface area (Å²) in [5, 5.41) is 0.215. The molecule has 0 aliphatic heterocycles. The number of hydrogen-bond acceptors (Lipinski definition) is 2. The lowest BCUT2D eigenvalue weighted by molar-refractivity contribution is 0.276. The van der Waals surface area contributed by atoms with Crippen LogP contribution in [0.2, 0.25) is 37.8 Å². The Bertz CT molecular complexity index is 842. The zero-order valence-corrected chi connectivity index (χ0v) is 21.6. The topological polar surface area (TPSA) is 18.5 Å². The molecular weight excluding hydrogens is 388 g/mol. The fraction of sp³-hybridized carbons (Fsp3) is 0.440. The van der Waals surface area contributed by atoms with Crippen molar-refractivity contribution in [2.24, 2.45) is 0 Å². The van der Waals surface area contributed by atoms with Crippen molar-refractivity contribution in [3.8, 4) is 0 Å². The number of rotatable bonds is 8. The highest BCUT2D eigenvalue weighted by molar-refractivity contribution is 6.74. The predicted molar refractivity (Wildman–Crippen MR) is 131 cm³/mol. The van der Waals surface area contributed by atoms with E-state index < -0.39 is 16.6 Å². The van der Waals surface area contributed by atoms with Gasteiger partial charge in [0.25, 0.3) is 0 Å². The molecule has 0 saturated heterocycles. The standard InChI is InChI=1S/C25H38O2Si2/c1-20(23-14-10-12-21(16-23)18-26-28(5,6)7)24-15-11-13-22(17-24)19-27-29(8,9)25(2,3)4/h10-17H,1,18-19H2,2-9H3. The third kappa shape index (κ3) is 7.07. The third-order valence-corrected chi connectivity index (χ3v) is 11.1. The van der Waals surface area contributed by atoms with E-state index >= 15 is 0 Å². The van der Waals surface area contributed by atoms with Gasteiger partial charge >= 0.3 is 0 Å². The van der Waals surface area contributed by atoms with Gasteiger partial charge in [0.05, 0.1) is 13.2 Å². The van der Waals surface area contributed by atoms with E-state index in [1.54, 1.807) is 0 Å². The summed E-state index contributed by atoms with van der Waals surface area (Å²) in [4.78, 5) is 0. The number of benzene rings is 2. The van der Waals surface area contributed by atoms with Gasteiger partial charge in [-0.15, -0.1) is 0 Å². The summed E-state index contributed by atoms with van der Waals surface area (Å²) in [6.07, 6.45) is 0. The van der Waals surface area contributed by atoms with Gasteiger partial charge in [0, 0.05) is 0 Å². The average molecular weight is 427 g/mol. The van der Waals surface area contributed by atoms with Gasteiger partial charge in [-0.3, -0.25) is 0 Å². The van der Waals surface area contributed by atoms with Crippen LogP contribution >= 0.6 is 0 Å². The van der Waals surface area contributed by atoms with Crippen molar-refractivity contribution in [1.82, 2.24) is 0 Å². The summed E-state index contributed by atoms with van der Waals surface area (Å²) < 4.78 is 12.5. The molecule has 0 unspecified atom stereocenters. The Kier molecular flexibility index (Phi) is 7.49. The second-order valence-corrected chi connectivity index (χ2v) is 19.7. The molecule has 4 heteroatoms. The molecule has 0 amide bonds. The normalized spacial score (nSPS) is 12.8. The molecule has 2 aromatic rings. The van der Waals surface area contributed by atoms with Gasteiger partial charge in [-0.25, -0.2) is 0 Å². The molecule has 0 aliphatic carbocycles. The maximum absolute atomic E-state index is 6.40. The van der Waals surface area contributed by atoms with Crippen LogP contribution in [0, 0.1) is 0 Å². The van der Waals surface area contributed by atoms with E-state index in [0.29, 0.717) is 13.2 Å². The zero-order valence-electron chi connectivity index (χ0n) is 19.6. The quantitative estimate of drug-likeness (QED) is 0.404. The van der Waals surface area contributed by atoms with E-state index in [-0.39, 0.29) is 5.04 Å². The molecule has 2 rings (SSSR count). The Balaban J connectivity index is 2.13. The first kappa shape index (κ1) is 23.8. The molecule has 0 saturated carbocycles. The molecule has 29 heavy (non-hydrogen) atoms. The Labute approximate surface area is 180 Å². The van der Waals surface area contributed by atoms with Crippen LogP contribution in [0.3, 0.4) is 0 Å². The van der Waals surface area contributed by atoms with Crippen molar-refractivity contribution >= 4 is 22.2 Å². The van der Waals surface area contributed by atoms with Gasteiger partial charge in [0.15, 0.2) is 16.6 Å². The van der Waals surface area contributed by atoms with Crippen molar-refractivity contribution in [3.05, 3.63) is 77.4 Å². The summed E-state index contributed by atoms with van der Waals surface area (Å²) in [5.41, 5.74) is 5.72. The van der Waals surface area contributed by atoms with Gasteiger partial charge in [-0.05, 0) is 77.7 Å². The minimum absolute atomic E-state index is 0.215. The van der Waals surface area contributed by atoms with Crippen LogP contribution in [0.5, 0.6) is 0 Å². The lowest BCUT2D eigenvalue weighted by Crippen LogP contribution is -2.40. The van der Waals surface area contributed by atoms with Gasteiger partial charge in [0.1, 0.15) is 0 Å². The van der Waals surface area contributed by atoms with Gasteiger partial charge < -0.3 is 8.85 Å². The smallest absolute Gasteiger partial charge is 0.192 e. The van der Waals surface area contributed by atoms with Crippen LogP contribution in [0.25, 0.3) is 5.57 Å². The van der Waals surface area contributed by atoms with Crippen LogP contribution in [0.15, 0.2) is 55.1 Å². The molecule has 0 aromatic heterocycles. The number of hydrogen-bond donors (Lipinski definition) is 0. The SMILES string of the molecule is C=C(c1cccc(CO[Si](C)(C)C)c1)c1cccc(CO[Si](C)(C)C(C)(C)C)c1. The Hall–Kier alpha value is -1.47.